The highest BCUT2D eigenvalue weighted by molar-refractivity contribution is 6.01. The summed E-state index contributed by atoms with van der Waals surface area (Å²) in [6.45, 7) is 5.22. The Bertz CT molecular complexity index is 723. The van der Waals surface area contributed by atoms with Crippen LogP contribution in [0.3, 0.4) is 0 Å². The number of carbonyl (C=O) groups excluding carboxylic acids is 1. The van der Waals surface area contributed by atoms with Gasteiger partial charge < -0.3 is 5.32 Å². The smallest absolute Gasteiger partial charge is 0.269 e. The molecule has 0 heterocycles. The Balaban J connectivity index is 2.49. The van der Waals surface area contributed by atoms with Crippen molar-refractivity contribution in [2.24, 2.45) is 0 Å². The lowest BCUT2D eigenvalue weighted by Gasteiger charge is -2.12. The zero-order valence-electron chi connectivity index (χ0n) is 11.5. The summed E-state index contributed by atoms with van der Waals surface area (Å²) in [5, 5.41) is 13.5. The van der Waals surface area contributed by atoms with E-state index >= 15 is 0 Å². The Kier molecular flexibility index (Phi) is 4.13. The highest BCUT2D eigenvalue weighted by Crippen LogP contribution is 2.32. The fraction of sp³-hybridized carbons (Fsp3) is 0.0625. The van der Waals surface area contributed by atoms with E-state index in [1.54, 1.807) is 19.1 Å². The lowest BCUT2D eigenvalue weighted by Crippen LogP contribution is -2.08. The second-order valence-corrected chi connectivity index (χ2v) is 4.50. The number of nitro groups is 1. The van der Waals surface area contributed by atoms with E-state index < -0.39 is 4.92 Å². The molecule has 2 aromatic carbocycles. The van der Waals surface area contributed by atoms with Crippen LogP contribution in [-0.2, 0) is 4.79 Å². The number of hydrogen-bond acceptors (Lipinski definition) is 3. The topological polar surface area (TPSA) is 72.2 Å². The molecular formula is C16H14N2O3. The van der Waals surface area contributed by atoms with Crippen molar-refractivity contribution in [3.8, 4) is 11.1 Å². The molecule has 0 radical (unpaired) electrons. The molecule has 0 bridgehead atoms. The molecule has 0 saturated carbocycles. The summed E-state index contributed by atoms with van der Waals surface area (Å²) in [6, 6.07) is 11.9. The molecule has 2 rings (SSSR count). The molecule has 0 fully saturated rings. The minimum Gasteiger partial charge on any atom is -0.322 e. The molecule has 0 aliphatic heterocycles. The number of para-hydroxylation sites is 1. The summed E-state index contributed by atoms with van der Waals surface area (Å²) >= 11 is 0. The number of rotatable bonds is 4. The number of non-ortho nitro benzene ring substituents is 1. The first kappa shape index (κ1) is 14.5. The van der Waals surface area contributed by atoms with Gasteiger partial charge in [-0.05, 0) is 36.3 Å². The molecule has 5 nitrogen and oxygen atoms in total. The third-order valence-electron chi connectivity index (χ3n) is 3.08. The molecule has 21 heavy (non-hydrogen) atoms. The predicted octanol–water partition coefficient (Wildman–Crippen LogP) is 3.69. The minimum atomic E-state index is -0.428. The Morgan fingerprint density at radius 1 is 1.24 bits per heavy atom. The van der Waals surface area contributed by atoms with Crippen molar-refractivity contribution in [3.05, 3.63) is 70.8 Å². The summed E-state index contributed by atoms with van der Waals surface area (Å²) in [7, 11) is 0. The second kappa shape index (κ2) is 6.00. The van der Waals surface area contributed by atoms with Gasteiger partial charge in [-0.15, -0.1) is 0 Å². The Morgan fingerprint density at radius 2 is 1.95 bits per heavy atom. The maximum atomic E-state index is 11.5. The van der Waals surface area contributed by atoms with Crippen LogP contribution >= 0.6 is 0 Å². The standard InChI is InChI=1S/C16H14N2O3/c1-3-16(19)17-15-7-5-4-6-14(15)13-9-8-12(18(20)21)10-11(13)2/h3-10H,1H2,2H3,(H,17,19). The van der Waals surface area contributed by atoms with Crippen molar-refractivity contribution in [2.45, 2.75) is 6.92 Å². The van der Waals surface area contributed by atoms with Crippen molar-refractivity contribution < 1.29 is 9.72 Å². The molecule has 1 N–H and O–H groups in total. The van der Waals surface area contributed by atoms with E-state index in [4.69, 9.17) is 0 Å². The normalized spacial score (nSPS) is 9.95. The summed E-state index contributed by atoms with van der Waals surface area (Å²) in [5.74, 6) is -0.304. The van der Waals surface area contributed by atoms with Gasteiger partial charge in [0.15, 0.2) is 0 Å². The SMILES string of the molecule is C=CC(=O)Nc1ccccc1-c1ccc([N+](=O)[O-])cc1C. The summed E-state index contributed by atoms with van der Waals surface area (Å²) < 4.78 is 0. The third kappa shape index (κ3) is 3.14. The molecule has 0 aliphatic carbocycles. The number of nitrogens with one attached hydrogen (secondary N) is 1. The van der Waals surface area contributed by atoms with Gasteiger partial charge in [0.25, 0.3) is 5.69 Å². The Hall–Kier alpha value is -2.95. The first-order chi connectivity index (χ1) is 10.0. The van der Waals surface area contributed by atoms with Gasteiger partial charge in [0.1, 0.15) is 0 Å². The van der Waals surface area contributed by atoms with Crippen LogP contribution in [0.1, 0.15) is 5.56 Å². The van der Waals surface area contributed by atoms with Gasteiger partial charge in [-0.1, -0.05) is 24.8 Å². The average molecular weight is 282 g/mol. The van der Waals surface area contributed by atoms with Crippen LogP contribution < -0.4 is 5.32 Å². The number of nitrogens with zero attached hydrogens (tertiary/aromatic N) is 1. The zero-order valence-corrected chi connectivity index (χ0v) is 11.5. The van der Waals surface area contributed by atoms with E-state index in [1.165, 1.54) is 18.2 Å². The van der Waals surface area contributed by atoms with Gasteiger partial charge in [0.2, 0.25) is 5.91 Å². The van der Waals surface area contributed by atoms with Crippen LogP contribution in [0.2, 0.25) is 0 Å². The number of hydrogen-bond donors (Lipinski definition) is 1. The molecular weight excluding hydrogens is 268 g/mol. The van der Waals surface area contributed by atoms with Crippen molar-refractivity contribution in [2.75, 3.05) is 5.32 Å². The van der Waals surface area contributed by atoms with Crippen LogP contribution in [0.5, 0.6) is 0 Å². The number of benzene rings is 2. The Morgan fingerprint density at radius 3 is 2.57 bits per heavy atom. The predicted molar refractivity (Wildman–Crippen MR) is 82.1 cm³/mol. The fourth-order valence-electron chi connectivity index (χ4n) is 2.07. The van der Waals surface area contributed by atoms with E-state index in [0.717, 1.165) is 16.7 Å². The number of carbonyl (C=O) groups is 1. The molecule has 0 unspecified atom stereocenters. The number of nitro benzene ring substituents is 1. The lowest BCUT2D eigenvalue weighted by atomic mass is 9.98. The summed E-state index contributed by atoms with van der Waals surface area (Å²) in [5.41, 5.74) is 3.09. The minimum absolute atomic E-state index is 0.0452. The summed E-state index contributed by atoms with van der Waals surface area (Å²) in [4.78, 5) is 21.8. The van der Waals surface area contributed by atoms with Gasteiger partial charge >= 0.3 is 0 Å². The number of amides is 1. The molecule has 0 spiro atoms. The highest BCUT2D eigenvalue weighted by Gasteiger charge is 2.12. The zero-order chi connectivity index (χ0) is 15.4. The van der Waals surface area contributed by atoms with E-state index in [9.17, 15) is 14.9 Å². The molecule has 0 aromatic heterocycles. The lowest BCUT2D eigenvalue weighted by molar-refractivity contribution is -0.384. The van der Waals surface area contributed by atoms with Crippen LogP contribution in [0.25, 0.3) is 11.1 Å². The largest absolute Gasteiger partial charge is 0.322 e. The quantitative estimate of drug-likeness (QED) is 0.528. The van der Waals surface area contributed by atoms with Crippen LogP contribution in [0.4, 0.5) is 11.4 Å². The number of aryl methyl sites for hydroxylation is 1. The Labute approximate surface area is 122 Å². The first-order valence-electron chi connectivity index (χ1n) is 6.31. The highest BCUT2D eigenvalue weighted by atomic mass is 16.6. The van der Waals surface area contributed by atoms with E-state index in [-0.39, 0.29) is 11.6 Å². The fourth-order valence-corrected chi connectivity index (χ4v) is 2.07. The van der Waals surface area contributed by atoms with Crippen molar-refractivity contribution in [3.63, 3.8) is 0 Å². The van der Waals surface area contributed by atoms with Gasteiger partial charge in [0, 0.05) is 23.4 Å². The molecule has 106 valence electrons. The van der Waals surface area contributed by atoms with Crippen LogP contribution in [-0.4, -0.2) is 10.8 Å². The van der Waals surface area contributed by atoms with Gasteiger partial charge in [-0.25, -0.2) is 0 Å². The summed E-state index contributed by atoms with van der Waals surface area (Å²) in [6.07, 6.45) is 1.19. The van der Waals surface area contributed by atoms with E-state index in [0.29, 0.717) is 5.69 Å². The van der Waals surface area contributed by atoms with Crippen LogP contribution in [0, 0.1) is 17.0 Å². The van der Waals surface area contributed by atoms with Crippen molar-refractivity contribution in [1.82, 2.24) is 0 Å². The van der Waals surface area contributed by atoms with Crippen molar-refractivity contribution in [1.29, 1.82) is 0 Å². The maximum absolute atomic E-state index is 11.5. The maximum Gasteiger partial charge on any atom is 0.269 e. The molecule has 0 aliphatic rings. The molecule has 0 saturated heterocycles. The monoisotopic (exact) mass is 282 g/mol. The molecule has 5 heteroatoms. The number of anilines is 1. The molecule has 1 amide bonds. The molecule has 2 aromatic rings. The molecule has 0 atom stereocenters. The van der Waals surface area contributed by atoms with Gasteiger partial charge in [-0.3, -0.25) is 14.9 Å². The van der Waals surface area contributed by atoms with Crippen molar-refractivity contribution >= 4 is 17.3 Å². The average Bonchev–Trinajstić information content (AvgIpc) is 2.47. The second-order valence-electron chi connectivity index (χ2n) is 4.50. The van der Waals surface area contributed by atoms with Gasteiger partial charge in [0.05, 0.1) is 4.92 Å². The van der Waals surface area contributed by atoms with E-state index in [2.05, 4.69) is 11.9 Å². The third-order valence-corrected chi connectivity index (χ3v) is 3.08. The van der Waals surface area contributed by atoms with Gasteiger partial charge in [-0.2, -0.15) is 0 Å². The van der Waals surface area contributed by atoms with Crippen LogP contribution in [0.15, 0.2) is 55.1 Å². The van der Waals surface area contributed by atoms with E-state index in [1.807, 2.05) is 18.2 Å². The first-order valence-corrected chi connectivity index (χ1v) is 6.31.